The van der Waals surface area contributed by atoms with Gasteiger partial charge in [0.1, 0.15) is 11.8 Å². The molecule has 2 aromatic rings. The molecule has 1 aliphatic rings. The van der Waals surface area contributed by atoms with Crippen LogP contribution >= 0.6 is 23.2 Å². The van der Waals surface area contributed by atoms with E-state index in [9.17, 15) is 5.26 Å². The molecule has 0 amide bonds. The zero-order valence-corrected chi connectivity index (χ0v) is 14.6. The lowest BCUT2D eigenvalue weighted by Crippen LogP contribution is -2.44. The summed E-state index contributed by atoms with van der Waals surface area (Å²) >= 11 is 11.9. The Morgan fingerprint density at radius 3 is 2.71 bits per heavy atom. The molecule has 1 saturated heterocycles. The minimum absolute atomic E-state index is 0.0871. The molecule has 1 aromatic heterocycles. The van der Waals surface area contributed by atoms with Gasteiger partial charge in [0.25, 0.3) is 0 Å². The second-order valence-corrected chi connectivity index (χ2v) is 6.37. The van der Waals surface area contributed by atoms with Crippen LogP contribution in [0.1, 0.15) is 11.6 Å². The van der Waals surface area contributed by atoms with Gasteiger partial charge in [-0.1, -0.05) is 23.2 Å². The van der Waals surface area contributed by atoms with Gasteiger partial charge in [-0.2, -0.15) is 10.2 Å². The number of aromatic nitrogens is 1. The van der Waals surface area contributed by atoms with Gasteiger partial charge in [-0.15, -0.1) is 0 Å². The van der Waals surface area contributed by atoms with E-state index in [4.69, 9.17) is 32.4 Å². The summed E-state index contributed by atoms with van der Waals surface area (Å²) in [5.74, 6) is 1.33. The summed E-state index contributed by atoms with van der Waals surface area (Å²) in [5, 5.41) is 10.2. The summed E-state index contributed by atoms with van der Waals surface area (Å²) in [6.45, 7) is 3.51. The number of benzene rings is 1. The third kappa shape index (κ3) is 3.75. The molecule has 1 aromatic carbocycles. The maximum absolute atomic E-state index is 9.29. The van der Waals surface area contributed by atoms with Gasteiger partial charge in [-0.3, -0.25) is 0 Å². The number of anilines is 1. The molecule has 0 aliphatic carbocycles. The average Bonchev–Trinajstić information content (AvgIpc) is 2.98. The zero-order chi connectivity index (χ0) is 17.1. The topological polar surface area (TPSA) is 65.5 Å². The molecule has 24 heavy (non-hydrogen) atoms. The molecule has 0 unspecified atom stereocenters. The predicted molar refractivity (Wildman–Crippen MR) is 91.7 cm³/mol. The van der Waals surface area contributed by atoms with E-state index >= 15 is 0 Å². The van der Waals surface area contributed by atoms with E-state index in [1.54, 1.807) is 18.2 Å². The molecule has 8 heteroatoms. The number of rotatable bonds is 4. The number of hydrogen-bond donors (Lipinski definition) is 0. The van der Waals surface area contributed by atoms with E-state index in [0.29, 0.717) is 27.6 Å². The van der Waals surface area contributed by atoms with E-state index < -0.39 is 0 Å². The van der Waals surface area contributed by atoms with Crippen molar-refractivity contribution in [3.05, 3.63) is 39.8 Å². The van der Waals surface area contributed by atoms with Gasteiger partial charge < -0.3 is 19.0 Å². The van der Waals surface area contributed by atoms with Crippen molar-refractivity contribution >= 4 is 29.1 Å². The quantitative estimate of drug-likeness (QED) is 0.827. The van der Waals surface area contributed by atoms with Crippen LogP contribution in [-0.2, 0) is 6.61 Å². The molecule has 0 radical (unpaired) electrons. The molecule has 0 bridgehead atoms. The molecule has 1 fully saturated rings. The van der Waals surface area contributed by atoms with E-state index in [2.05, 4.69) is 23.0 Å². The van der Waals surface area contributed by atoms with Gasteiger partial charge in [0.15, 0.2) is 6.61 Å². The van der Waals surface area contributed by atoms with Crippen molar-refractivity contribution in [2.45, 2.75) is 6.61 Å². The summed E-state index contributed by atoms with van der Waals surface area (Å²) in [5.41, 5.74) is 0.278. The fraction of sp³-hybridized carbons (Fsp3) is 0.375. The highest BCUT2D eigenvalue weighted by Crippen LogP contribution is 2.29. The van der Waals surface area contributed by atoms with Crippen molar-refractivity contribution in [1.82, 2.24) is 9.88 Å². The number of hydrogen-bond acceptors (Lipinski definition) is 6. The summed E-state index contributed by atoms with van der Waals surface area (Å²) in [6, 6.07) is 7.05. The van der Waals surface area contributed by atoms with Crippen molar-refractivity contribution in [1.29, 1.82) is 5.26 Å². The highest BCUT2D eigenvalue weighted by Gasteiger charge is 2.23. The van der Waals surface area contributed by atoms with Gasteiger partial charge in [-0.25, -0.2) is 0 Å². The van der Waals surface area contributed by atoms with Gasteiger partial charge in [0, 0.05) is 31.2 Å². The Morgan fingerprint density at radius 2 is 2.04 bits per heavy atom. The van der Waals surface area contributed by atoms with Crippen LogP contribution in [0.3, 0.4) is 0 Å². The van der Waals surface area contributed by atoms with Gasteiger partial charge in [0.2, 0.25) is 17.5 Å². The number of ether oxygens (including phenoxy) is 1. The highest BCUT2D eigenvalue weighted by atomic mass is 35.5. The molecule has 1 aliphatic heterocycles. The van der Waals surface area contributed by atoms with Crippen molar-refractivity contribution in [3.63, 3.8) is 0 Å². The smallest absolute Gasteiger partial charge is 0.236 e. The number of oxazole rings is 1. The lowest BCUT2D eigenvalue weighted by atomic mass is 10.3. The Balaban J connectivity index is 1.72. The van der Waals surface area contributed by atoms with Crippen LogP contribution in [0.2, 0.25) is 10.0 Å². The molecule has 3 rings (SSSR count). The zero-order valence-electron chi connectivity index (χ0n) is 13.1. The largest absolute Gasteiger partial charge is 0.482 e. The first-order valence-electron chi connectivity index (χ1n) is 7.48. The SMILES string of the molecule is CN1CCN(c2oc(COc3ccc(Cl)cc3Cl)nc2C#N)CC1. The third-order valence-corrected chi connectivity index (χ3v) is 4.33. The number of nitriles is 1. The number of nitrogens with zero attached hydrogens (tertiary/aromatic N) is 4. The fourth-order valence-corrected chi connectivity index (χ4v) is 2.91. The molecule has 2 heterocycles. The van der Waals surface area contributed by atoms with Crippen LogP contribution in [-0.4, -0.2) is 43.1 Å². The number of halogens is 2. The van der Waals surface area contributed by atoms with Gasteiger partial charge >= 0.3 is 0 Å². The van der Waals surface area contributed by atoms with E-state index in [1.165, 1.54) is 0 Å². The molecular formula is C16H16Cl2N4O2. The van der Waals surface area contributed by atoms with Crippen molar-refractivity contribution < 1.29 is 9.15 Å². The molecule has 126 valence electrons. The van der Waals surface area contributed by atoms with Crippen LogP contribution in [0.5, 0.6) is 5.75 Å². The molecule has 0 atom stereocenters. The van der Waals surface area contributed by atoms with E-state index in [-0.39, 0.29) is 12.3 Å². The third-order valence-electron chi connectivity index (χ3n) is 3.80. The summed E-state index contributed by atoms with van der Waals surface area (Å²) in [7, 11) is 2.07. The second-order valence-electron chi connectivity index (χ2n) is 5.53. The maximum atomic E-state index is 9.29. The summed E-state index contributed by atoms with van der Waals surface area (Å²) in [4.78, 5) is 8.47. The first kappa shape index (κ1) is 16.9. The maximum Gasteiger partial charge on any atom is 0.236 e. The summed E-state index contributed by atoms with van der Waals surface area (Å²) in [6.07, 6.45) is 0. The van der Waals surface area contributed by atoms with Crippen molar-refractivity contribution in [3.8, 4) is 11.8 Å². The summed E-state index contributed by atoms with van der Waals surface area (Å²) < 4.78 is 11.4. The monoisotopic (exact) mass is 366 g/mol. The van der Waals surface area contributed by atoms with Crippen LogP contribution in [0.25, 0.3) is 0 Å². The normalized spacial score (nSPS) is 15.3. The lowest BCUT2D eigenvalue weighted by Gasteiger charge is -2.31. The molecular weight excluding hydrogens is 351 g/mol. The standard InChI is InChI=1S/C16H16Cl2N4O2/c1-21-4-6-22(7-5-21)16-13(9-19)20-15(24-16)10-23-14-3-2-11(17)8-12(14)18/h2-3,8H,4-7,10H2,1H3. The molecule has 0 N–H and O–H groups in total. The van der Waals surface area contributed by atoms with Crippen molar-refractivity contribution in [2.75, 3.05) is 38.1 Å². The Morgan fingerprint density at radius 1 is 1.29 bits per heavy atom. The van der Waals surface area contributed by atoms with E-state index in [1.807, 2.05) is 4.90 Å². The first-order chi connectivity index (χ1) is 11.6. The fourth-order valence-electron chi connectivity index (χ4n) is 2.45. The van der Waals surface area contributed by atoms with Crippen LogP contribution in [0.15, 0.2) is 22.6 Å². The Hall–Kier alpha value is -1.94. The van der Waals surface area contributed by atoms with Crippen LogP contribution in [0, 0.1) is 11.3 Å². The Labute approximate surface area is 150 Å². The average molecular weight is 367 g/mol. The van der Waals surface area contributed by atoms with Gasteiger partial charge in [-0.05, 0) is 25.2 Å². The number of piperazine rings is 1. The number of likely N-dealkylation sites (N-methyl/N-ethyl adjacent to an activating group) is 1. The molecule has 6 nitrogen and oxygen atoms in total. The minimum Gasteiger partial charge on any atom is -0.482 e. The lowest BCUT2D eigenvalue weighted by molar-refractivity contribution is 0.260. The highest BCUT2D eigenvalue weighted by molar-refractivity contribution is 6.35. The van der Waals surface area contributed by atoms with Crippen LogP contribution < -0.4 is 9.64 Å². The van der Waals surface area contributed by atoms with E-state index in [0.717, 1.165) is 26.2 Å². The minimum atomic E-state index is 0.0871. The van der Waals surface area contributed by atoms with Crippen LogP contribution in [0.4, 0.5) is 5.88 Å². The Kier molecular flexibility index (Phi) is 5.14. The molecule has 0 saturated carbocycles. The van der Waals surface area contributed by atoms with Crippen molar-refractivity contribution in [2.24, 2.45) is 0 Å². The predicted octanol–water partition coefficient (Wildman–Crippen LogP) is 3.18. The first-order valence-corrected chi connectivity index (χ1v) is 8.23. The Bertz CT molecular complexity index is 764. The van der Waals surface area contributed by atoms with Gasteiger partial charge in [0.05, 0.1) is 5.02 Å². The molecule has 0 spiro atoms. The second kappa shape index (κ2) is 7.31.